The number of nitrogens with zero attached hydrogens (tertiary/aromatic N) is 7. The summed E-state index contributed by atoms with van der Waals surface area (Å²) in [7, 11) is 5.82. The maximum Gasteiger partial charge on any atom is 0.231 e. The molecule has 0 bridgehead atoms. The molecule has 2 saturated heterocycles. The number of aliphatic hydroxyl groups excluding tert-OH is 1. The minimum atomic E-state index is -0.710. The number of hydrogen-bond donors (Lipinski definition) is 2. The quantitative estimate of drug-likeness (QED) is 0.509. The SMILES string of the molecule is CN1CC2CN(c3ccc(Nc4ncc5cc(C(O)N(C)C)n(C6CCCC6)c5n4)nc3)C(=O)C2C1. The lowest BCUT2D eigenvalue weighted by molar-refractivity contribution is -0.120. The second kappa shape index (κ2) is 9.10. The standard InChI is InChI=1S/C26H34N8O2/c1-31(2)25(36)21-10-16-11-28-26(30-23(16)34(21)18-6-4-5-7-18)29-22-9-8-19(12-27-22)33-14-17-13-32(3)15-20(17)24(33)35/h8-12,17-18,20,25,36H,4-7,13-15H2,1-3H3,(H,27,28,29,30). The van der Waals surface area contributed by atoms with E-state index in [-0.39, 0.29) is 11.8 Å². The van der Waals surface area contributed by atoms with E-state index < -0.39 is 6.23 Å². The lowest BCUT2D eigenvalue weighted by Gasteiger charge is -2.24. The highest BCUT2D eigenvalue weighted by atomic mass is 16.3. The zero-order valence-corrected chi connectivity index (χ0v) is 21.1. The van der Waals surface area contributed by atoms with Crippen LogP contribution >= 0.6 is 0 Å². The Morgan fingerprint density at radius 3 is 2.61 bits per heavy atom. The molecule has 0 radical (unpaired) electrons. The number of amides is 1. The first kappa shape index (κ1) is 23.3. The number of aromatic nitrogens is 4. The third kappa shape index (κ3) is 4.03. The van der Waals surface area contributed by atoms with Gasteiger partial charge >= 0.3 is 0 Å². The first-order chi connectivity index (χ1) is 17.4. The van der Waals surface area contributed by atoms with E-state index in [1.165, 1.54) is 12.8 Å². The van der Waals surface area contributed by atoms with Gasteiger partial charge in [0, 0.05) is 43.2 Å². The van der Waals surface area contributed by atoms with Crippen LogP contribution in [0.3, 0.4) is 0 Å². The number of aliphatic hydroxyl groups is 1. The Hall–Kier alpha value is -3.08. The van der Waals surface area contributed by atoms with Gasteiger partial charge in [-0.05, 0) is 52.2 Å². The van der Waals surface area contributed by atoms with E-state index in [9.17, 15) is 9.90 Å². The third-order valence-electron chi connectivity index (χ3n) is 7.97. The van der Waals surface area contributed by atoms with Crippen molar-refractivity contribution in [1.82, 2.24) is 29.3 Å². The third-order valence-corrected chi connectivity index (χ3v) is 7.97. The van der Waals surface area contributed by atoms with Crippen LogP contribution in [0.1, 0.15) is 43.6 Å². The van der Waals surface area contributed by atoms with Crippen LogP contribution in [0.15, 0.2) is 30.6 Å². The molecule has 0 aromatic carbocycles. The first-order valence-electron chi connectivity index (χ1n) is 12.8. The smallest absolute Gasteiger partial charge is 0.231 e. The second-order valence-electron chi connectivity index (χ2n) is 10.8. The average Bonchev–Trinajstić information content (AvgIpc) is 3.64. The molecular formula is C26H34N8O2. The molecule has 3 aromatic heterocycles. The average molecular weight is 491 g/mol. The van der Waals surface area contributed by atoms with Crippen molar-refractivity contribution in [2.24, 2.45) is 11.8 Å². The molecular weight excluding hydrogens is 456 g/mol. The van der Waals surface area contributed by atoms with Crippen molar-refractivity contribution in [2.75, 3.05) is 51.0 Å². The molecule has 190 valence electrons. The summed E-state index contributed by atoms with van der Waals surface area (Å²) in [5.41, 5.74) is 2.50. The Labute approximate surface area is 210 Å². The lowest BCUT2D eigenvalue weighted by Crippen LogP contribution is -2.31. The molecule has 1 amide bonds. The molecule has 3 aromatic rings. The molecule has 36 heavy (non-hydrogen) atoms. The summed E-state index contributed by atoms with van der Waals surface area (Å²) in [5.74, 6) is 1.77. The number of carbonyl (C=O) groups is 1. The maximum absolute atomic E-state index is 12.9. The van der Waals surface area contributed by atoms with Crippen LogP contribution in [0, 0.1) is 11.8 Å². The molecule has 2 N–H and O–H groups in total. The van der Waals surface area contributed by atoms with Gasteiger partial charge in [0.1, 0.15) is 17.7 Å². The summed E-state index contributed by atoms with van der Waals surface area (Å²) >= 11 is 0. The predicted octanol–water partition coefficient (Wildman–Crippen LogP) is 2.76. The van der Waals surface area contributed by atoms with E-state index in [0.29, 0.717) is 23.7 Å². The first-order valence-corrected chi connectivity index (χ1v) is 12.8. The summed E-state index contributed by atoms with van der Waals surface area (Å²) in [4.78, 5) is 32.7. The van der Waals surface area contributed by atoms with Gasteiger partial charge in [0.25, 0.3) is 0 Å². The number of likely N-dealkylation sites (tertiary alicyclic amines) is 1. The van der Waals surface area contributed by atoms with Crippen LogP contribution < -0.4 is 10.2 Å². The van der Waals surface area contributed by atoms with Gasteiger partial charge in [-0.25, -0.2) is 9.97 Å². The molecule has 5 heterocycles. The summed E-state index contributed by atoms with van der Waals surface area (Å²) in [6.45, 7) is 2.56. The van der Waals surface area contributed by atoms with Gasteiger partial charge in [-0.2, -0.15) is 4.98 Å². The van der Waals surface area contributed by atoms with Crippen LogP contribution in [-0.2, 0) is 4.79 Å². The van der Waals surface area contributed by atoms with E-state index >= 15 is 0 Å². The second-order valence-corrected chi connectivity index (χ2v) is 10.8. The summed E-state index contributed by atoms with van der Waals surface area (Å²) in [5, 5.41) is 15.0. The van der Waals surface area contributed by atoms with E-state index in [0.717, 1.165) is 54.9 Å². The largest absolute Gasteiger partial charge is 0.373 e. The van der Waals surface area contributed by atoms with E-state index in [4.69, 9.17) is 4.98 Å². The highest BCUT2D eigenvalue weighted by Crippen LogP contribution is 2.37. The van der Waals surface area contributed by atoms with Crippen LogP contribution in [0.4, 0.5) is 17.5 Å². The molecule has 6 rings (SSSR count). The fourth-order valence-electron chi connectivity index (χ4n) is 6.14. The van der Waals surface area contributed by atoms with Crippen LogP contribution in [0.25, 0.3) is 11.0 Å². The molecule has 3 unspecified atom stereocenters. The van der Waals surface area contributed by atoms with Crippen molar-refractivity contribution < 1.29 is 9.90 Å². The topological polar surface area (TPSA) is 103 Å². The van der Waals surface area contributed by atoms with Gasteiger partial charge in [-0.1, -0.05) is 12.8 Å². The minimum absolute atomic E-state index is 0.0972. The number of fused-ring (bicyclic) bond motifs is 2. The number of anilines is 3. The summed E-state index contributed by atoms with van der Waals surface area (Å²) in [6.07, 6.45) is 7.38. The fourth-order valence-corrected chi connectivity index (χ4v) is 6.14. The van der Waals surface area contributed by atoms with Gasteiger partial charge in [-0.15, -0.1) is 0 Å². The Bertz CT molecular complexity index is 1270. The molecule has 10 nitrogen and oxygen atoms in total. The van der Waals surface area contributed by atoms with Crippen LogP contribution in [0.2, 0.25) is 0 Å². The van der Waals surface area contributed by atoms with Gasteiger partial charge in [0.05, 0.1) is 23.5 Å². The van der Waals surface area contributed by atoms with E-state index in [2.05, 4.69) is 31.8 Å². The van der Waals surface area contributed by atoms with Crippen molar-refractivity contribution in [3.63, 3.8) is 0 Å². The number of carbonyl (C=O) groups excluding carboxylic acids is 1. The molecule has 3 atom stereocenters. The highest BCUT2D eigenvalue weighted by molar-refractivity contribution is 5.98. The number of rotatable bonds is 6. The van der Waals surface area contributed by atoms with Crippen LogP contribution in [0.5, 0.6) is 0 Å². The van der Waals surface area contributed by atoms with Gasteiger partial charge in [-0.3, -0.25) is 9.69 Å². The molecule has 10 heteroatoms. The molecule has 3 fully saturated rings. The summed E-state index contributed by atoms with van der Waals surface area (Å²) < 4.78 is 2.20. The predicted molar refractivity (Wildman–Crippen MR) is 138 cm³/mol. The highest BCUT2D eigenvalue weighted by Gasteiger charge is 2.45. The van der Waals surface area contributed by atoms with Crippen molar-refractivity contribution in [3.05, 3.63) is 36.3 Å². The monoisotopic (exact) mass is 490 g/mol. The molecule has 2 aliphatic heterocycles. The number of hydrogen-bond acceptors (Lipinski definition) is 8. The van der Waals surface area contributed by atoms with Gasteiger partial charge < -0.3 is 24.8 Å². The zero-order valence-electron chi connectivity index (χ0n) is 21.1. The molecule has 3 aliphatic rings. The zero-order chi connectivity index (χ0) is 25.0. The molecule has 1 saturated carbocycles. The fraction of sp³-hybridized carbons (Fsp3) is 0.538. The van der Waals surface area contributed by atoms with Crippen LogP contribution in [-0.4, -0.2) is 81.1 Å². The Balaban J connectivity index is 1.24. The Morgan fingerprint density at radius 1 is 1.11 bits per heavy atom. The lowest BCUT2D eigenvalue weighted by atomic mass is 10.0. The van der Waals surface area contributed by atoms with Crippen molar-refractivity contribution >= 4 is 34.4 Å². The van der Waals surface area contributed by atoms with Crippen molar-refractivity contribution in [3.8, 4) is 0 Å². The normalized spacial score (nSPS) is 23.8. The van der Waals surface area contributed by atoms with E-state index in [1.54, 1.807) is 17.3 Å². The Morgan fingerprint density at radius 2 is 1.92 bits per heavy atom. The summed E-state index contributed by atoms with van der Waals surface area (Å²) in [6, 6.07) is 6.12. The Kier molecular flexibility index (Phi) is 5.89. The molecule has 1 aliphatic carbocycles. The van der Waals surface area contributed by atoms with Gasteiger partial charge in [0.2, 0.25) is 11.9 Å². The maximum atomic E-state index is 12.9. The van der Waals surface area contributed by atoms with Crippen molar-refractivity contribution in [1.29, 1.82) is 0 Å². The molecule has 0 spiro atoms. The van der Waals surface area contributed by atoms with Gasteiger partial charge in [0.15, 0.2) is 0 Å². The van der Waals surface area contributed by atoms with E-state index in [1.807, 2.05) is 37.2 Å². The number of nitrogens with one attached hydrogen (secondary N) is 1. The van der Waals surface area contributed by atoms with Crippen molar-refractivity contribution in [2.45, 2.75) is 38.0 Å². The number of pyridine rings is 1. The minimum Gasteiger partial charge on any atom is -0.373 e.